The normalized spacial score (nSPS) is 14.8. The van der Waals surface area contributed by atoms with E-state index in [1.165, 1.54) is 12.5 Å². The van der Waals surface area contributed by atoms with E-state index in [-0.39, 0.29) is 11.5 Å². The van der Waals surface area contributed by atoms with E-state index < -0.39 is 0 Å². The second-order valence-corrected chi connectivity index (χ2v) is 5.53. The van der Waals surface area contributed by atoms with Crippen LogP contribution >= 0.6 is 0 Å². The Hall–Kier alpha value is -1.29. The lowest BCUT2D eigenvalue weighted by Gasteiger charge is -2.38. The molecule has 1 heterocycles. The second-order valence-electron chi connectivity index (χ2n) is 5.53. The minimum atomic E-state index is -0.325. The van der Waals surface area contributed by atoms with E-state index >= 15 is 0 Å². The predicted molar refractivity (Wildman–Crippen MR) is 97.0 cm³/mol. The zero-order valence-corrected chi connectivity index (χ0v) is 15.2. The van der Waals surface area contributed by atoms with E-state index in [0.717, 1.165) is 31.9 Å². The average Bonchev–Trinajstić information content (AvgIpc) is 2.53. The summed E-state index contributed by atoms with van der Waals surface area (Å²) in [5.74, 6) is -0.325. The Bertz CT molecular complexity index is 399. The third kappa shape index (κ3) is 6.65. The van der Waals surface area contributed by atoms with Gasteiger partial charge in [-0.2, -0.15) is 0 Å². The largest absolute Gasteiger partial charge is 0.396 e. The van der Waals surface area contributed by atoms with Crippen LogP contribution in [0.2, 0.25) is 0 Å². The molecule has 1 fully saturated rings. The third-order valence-electron chi connectivity index (χ3n) is 3.39. The summed E-state index contributed by atoms with van der Waals surface area (Å²) >= 11 is 0. The SMILES string of the molecule is CC.CC(C)N1CCN(c2ccc(N)c(F)c2)CC1.CCC. The maximum atomic E-state index is 13.4. The molecule has 1 aliphatic rings. The molecule has 4 heteroatoms. The van der Waals surface area contributed by atoms with E-state index in [1.807, 2.05) is 19.9 Å². The first-order chi connectivity index (χ1) is 10.5. The monoisotopic (exact) mass is 311 g/mol. The summed E-state index contributed by atoms with van der Waals surface area (Å²) in [4.78, 5) is 4.64. The van der Waals surface area contributed by atoms with Gasteiger partial charge in [0.1, 0.15) is 5.82 Å². The highest BCUT2D eigenvalue weighted by Gasteiger charge is 2.19. The summed E-state index contributed by atoms with van der Waals surface area (Å²) in [5.41, 5.74) is 6.63. The van der Waals surface area contributed by atoms with Crippen LogP contribution < -0.4 is 10.6 Å². The molecule has 2 rings (SSSR count). The molecule has 22 heavy (non-hydrogen) atoms. The molecule has 0 saturated carbocycles. The second kappa shape index (κ2) is 11.3. The maximum absolute atomic E-state index is 13.4. The van der Waals surface area contributed by atoms with E-state index in [2.05, 4.69) is 37.5 Å². The smallest absolute Gasteiger partial charge is 0.148 e. The van der Waals surface area contributed by atoms with E-state index in [0.29, 0.717) is 6.04 Å². The molecule has 3 nitrogen and oxygen atoms in total. The van der Waals surface area contributed by atoms with Gasteiger partial charge in [-0.05, 0) is 32.0 Å². The van der Waals surface area contributed by atoms with Crippen molar-refractivity contribution in [3.05, 3.63) is 24.0 Å². The van der Waals surface area contributed by atoms with Crippen molar-refractivity contribution in [1.29, 1.82) is 0 Å². The molecule has 0 spiro atoms. The van der Waals surface area contributed by atoms with Gasteiger partial charge in [0.25, 0.3) is 0 Å². The van der Waals surface area contributed by atoms with Crippen molar-refractivity contribution in [2.75, 3.05) is 36.8 Å². The van der Waals surface area contributed by atoms with E-state index in [4.69, 9.17) is 5.73 Å². The molecule has 2 N–H and O–H groups in total. The molecular formula is C18H34FN3. The molecule has 0 radical (unpaired) electrons. The zero-order valence-electron chi connectivity index (χ0n) is 15.2. The highest BCUT2D eigenvalue weighted by atomic mass is 19.1. The van der Waals surface area contributed by atoms with Crippen molar-refractivity contribution in [2.45, 2.75) is 54.0 Å². The molecule has 0 aliphatic carbocycles. The van der Waals surface area contributed by atoms with Crippen LogP contribution in [0.3, 0.4) is 0 Å². The zero-order chi connectivity index (χ0) is 17.1. The van der Waals surface area contributed by atoms with E-state index in [1.54, 1.807) is 6.07 Å². The van der Waals surface area contributed by atoms with E-state index in [9.17, 15) is 4.39 Å². The predicted octanol–water partition coefficient (Wildman–Crippen LogP) is 4.38. The average molecular weight is 311 g/mol. The number of anilines is 2. The van der Waals surface area contributed by atoms with Gasteiger partial charge in [0.2, 0.25) is 0 Å². The number of piperazine rings is 1. The number of benzene rings is 1. The van der Waals surface area contributed by atoms with Gasteiger partial charge in [0, 0.05) is 37.9 Å². The van der Waals surface area contributed by atoms with Crippen LogP contribution in [0.5, 0.6) is 0 Å². The van der Waals surface area contributed by atoms with Crippen molar-refractivity contribution >= 4 is 11.4 Å². The summed E-state index contributed by atoms with van der Waals surface area (Å²) in [5, 5.41) is 0. The highest BCUT2D eigenvalue weighted by molar-refractivity contribution is 5.54. The molecule has 0 atom stereocenters. The van der Waals surface area contributed by atoms with Crippen molar-refractivity contribution in [2.24, 2.45) is 0 Å². The summed E-state index contributed by atoms with van der Waals surface area (Å²) in [6.45, 7) is 16.6. The van der Waals surface area contributed by atoms with Crippen molar-refractivity contribution in [3.8, 4) is 0 Å². The lowest BCUT2D eigenvalue weighted by atomic mass is 10.2. The topological polar surface area (TPSA) is 32.5 Å². The number of nitrogens with two attached hydrogens (primary N) is 1. The summed E-state index contributed by atoms with van der Waals surface area (Å²) in [6.07, 6.45) is 1.25. The quantitative estimate of drug-likeness (QED) is 0.823. The van der Waals surface area contributed by atoms with Gasteiger partial charge in [-0.1, -0.05) is 34.1 Å². The Balaban J connectivity index is 0.000000789. The van der Waals surface area contributed by atoms with Gasteiger partial charge in [-0.15, -0.1) is 0 Å². The third-order valence-corrected chi connectivity index (χ3v) is 3.39. The molecule has 1 aromatic rings. The maximum Gasteiger partial charge on any atom is 0.148 e. The number of halogens is 1. The van der Waals surface area contributed by atoms with Crippen LogP contribution in [0, 0.1) is 5.82 Å². The van der Waals surface area contributed by atoms with Crippen molar-refractivity contribution in [1.82, 2.24) is 4.90 Å². The number of nitrogens with zero attached hydrogens (tertiary/aromatic N) is 2. The molecule has 1 aromatic carbocycles. The molecule has 1 aliphatic heterocycles. The van der Waals surface area contributed by atoms with Crippen LogP contribution in [-0.4, -0.2) is 37.1 Å². The minimum Gasteiger partial charge on any atom is -0.396 e. The lowest BCUT2D eigenvalue weighted by molar-refractivity contribution is 0.209. The Kier molecular flexibility index (Phi) is 10.6. The fourth-order valence-electron chi connectivity index (χ4n) is 2.21. The number of nitrogen functional groups attached to an aromatic ring is 1. The van der Waals surface area contributed by atoms with Crippen LogP contribution in [0.4, 0.5) is 15.8 Å². The van der Waals surface area contributed by atoms with Crippen molar-refractivity contribution < 1.29 is 4.39 Å². The number of hydrogen-bond donors (Lipinski definition) is 1. The molecule has 0 aromatic heterocycles. The van der Waals surface area contributed by atoms with Crippen LogP contribution in [0.1, 0.15) is 48.0 Å². The summed E-state index contributed by atoms with van der Waals surface area (Å²) in [6, 6.07) is 5.64. The molecule has 1 saturated heterocycles. The Morgan fingerprint density at radius 1 is 1.09 bits per heavy atom. The Labute approximate surface area is 136 Å². The fraction of sp³-hybridized carbons (Fsp3) is 0.667. The minimum absolute atomic E-state index is 0.217. The fourth-order valence-corrected chi connectivity index (χ4v) is 2.21. The highest BCUT2D eigenvalue weighted by Crippen LogP contribution is 2.21. The first-order valence-electron chi connectivity index (χ1n) is 8.53. The van der Waals surface area contributed by atoms with Gasteiger partial charge in [-0.3, -0.25) is 4.90 Å². The summed E-state index contributed by atoms with van der Waals surface area (Å²) in [7, 11) is 0. The Morgan fingerprint density at radius 2 is 1.59 bits per heavy atom. The molecule has 0 bridgehead atoms. The molecule has 0 unspecified atom stereocenters. The lowest BCUT2D eigenvalue weighted by Crippen LogP contribution is -2.48. The van der Waals surface area contributed by atoms with Gasteiger partial charge in [-0.25, -0.2) is 4.39 Å². The van der Waals surface area contributed by atoms with Gasteiger partial charge < -0.3 is 10.6 Å². The van der Waals surface area contributed by atoms with Crippen molar-refractivity contribution in [3.63, 3.8) is 0 Å². The first-order valence-corrected chi connectivity index (χ1v) is 8.53. The van der Waals surface area contributed by atoms with Crippen LogP contribution in [0.25, 0.3) is 0 Å². The molecule has 0 amide bonds. The van der Waals surface area contributed by atoms with Crippen LogP contribution in [-0.2, 0) is 0 Å². The first kappa shape index (κ1) is 20.7. The molecule has 128 valence electrons. The Morgan fingerprint density at radius 3 is 2.00 bits per heavy atom. The summed E-state index contributed by atoms with van der Waals surface area (Å²) < 4.78 is 13.4. The number of hydrogen-bond acceptors (Lipinski definition) is 3. The van der Waals surface area contributed by atoms with Crippen LogP contribution in [0.15, 0.2) is 18.2 Å². The standard InChI is InChI=1S/C13H20FN3.C3H8.C2H6/c1-10(2)16-5-7-17(8-6-16)11-3-4-13(15)12(14)9-11;1-3-2;1-2/h3-4,9-10H,5-8,15H2,1-2H3;3H2,1-2H3;1-2H3. The number of rotatable bonds is 2. The van der Waals surface area contributed by atoms with Gasteiger partial charge >= 0.3 is 0 Å². The van der Waals surface area contributed by atoms with Gasteiger partial charge in [0.15, 0.2) is 0 Å². The van der Waals surface area contributed by atoms with Gasteiger partial charge in [0.05, 0.1) is 5.69 Å². The molecular weight excluding hydrogens is 277 g/mol.